The van der Waals surface area contributed by atoms with Gasteiger partial charge in [0, 0.05) is 30.8 Å². The minimum atomic E-state index is 0.127. The van der Waals surface area contributed by atoms with Gasteiger partial charge in [-0.2, -0.15) is 10.2 Å². The molecule has 1 fully saturated rings. The lowest BCUT2D eigenvalue weighted by Crippen LogP contribution is -2.35. The first kappa shape index (κ1) is 14.6. The largest absolute Gasteiger partial charge is 0.340 e. The van der Waals surface area contributed by atoms with Gasteiger partial charge in [-0.1, -0.05) is 18.2 Å². The van der Waals surface area contributed by atoms with E-state index < -0.39 is 0 Å². The van der Waals surface area contributed by atoms with Gasteiger partial charge < -0.3 is 4.90 Å². The van der Waals surface area contributed by atoms with Gasteiger partial charge in [0.1, 0.15) is 5.82 Å². The number of para-hydroxylation sites is 1. The first-order chi connectivity index (χ1) is 12.3. The zero-order valence-electron chi connectivity index (χ0n) is 14.0. The molecule has 3 aromatic rings. The van der Waals surface area contributed by atoms with Gasteiger partial charge in [-0.25, -0.2) is 9.67 Å². The Kier molecular flexibility index (Phi) is 3.33. The Labute approximate surface area is 145 Å². The van der Waals surface area contributed by atoms with Crippen molar-refractivity contribution in [2.45, 2.75) is 38.1 Å². The Morgan fingerprint density at radius 1 is 1.20 bits per heavy atom. The number of rotatable bonds is 3. The Balaban J connectivity index is 1.29. The maximum atomic E-state index is 12.7. The zero-order valence-corrected chi connectivity index (χ0v) is 14.0. The number of hydrogen-bond donors (Lipinski definition) is 1. The van der Waals surface area contributed by atoms with Crippen molar-refractivity contribution in [1.29, 1.82) is 0 Å². The minimum Gasteiger partial charge on any atom is -0.340 e. The Morgan fingerprint density at radius 2 is 2.08 bits per heavy atom. The number of H-pyrrole nitrogens is 1. The number of aromatic amines is 1. The summed E-state index contributed by atoms with van der Waals surface area (Å²) < 4.78 is 1.99. The standard InChI is InChI=1S/C18H20N6O/c25-17(11-15-13-3-1-2-4-14(13)20-21-15)23-8-7-16-19-18(12-5-6-12)22-24(16)10-9-23/h1-4,12H,5-11H2,(H,20,21). The van der Waals surface area contributed by atoms with E-state index in [-0.39, 0.29) is 5.91 Å². The van der Waals surface area contributed by atoms with E-state index in [1.807, 2.05) is 33.8 Å². The summed E-state index contributed by atoms with van der Waals surface area (Å²) in [5.41, 5.74) is 1.79. The Hall–Kier alpha value is -2.70. The van der Waals surface area contributed by atoms with E-state index in [0.717, 1.165) is 41.2 Å². The zero-order chi connectivity index (χ0) is 16.8. The van der Waals surface area contributed by atoms with Crippen molar-refractivity contribution in [3.05, 3.63) is 41.6 Å². The molecule has 0 spiro atoms. The minimum absolute atomic E-state index is 0.127. The predicted molar refractivity (Wildman–Crippen MR) is 92.1 cm³/mol. The second-order valence-corrected chi connectivity index (χ2v) is 6.91. The van der Waals surface area contributed by atoms with E-state index in [4.69, 9.17) is 0 Å². The summed E-state index contributed by atoms with van der Waals surface area (Å²) in [6.07, 6.45) is 3.55. The highest BCUT2D eigenvalue weighted by Gasteiger charge is 2.30. The maximum Gasteiger partial charge on any atom is 0.228 e. The van der Waals surface area contributed by atoms with Crippen LogP contribution in [0.25, 0.3) is 10.9 Å². The van der Waals surface area contributed by atoms with Crippen LogP contribution in [-0.4, -0.2) is 48.9 Å². The Bertz CT molecular complexity index is 913. The molecular weight excluding hydrogens is 316 g/mol. The maximum absolute atomic E-state index is 12.7. The van der Waals surface area contributed by atoms with E-state index in [2.05, 4.69) is 20.3 Å². The number of carbonyl (C=O) groups excluding carboxylic acids is 1. The normalized spacial score (nSPS) is 17.5. The molecule has 1 N–H and O–H groups in total. The number of nitrogens with zero attached hydrogens (tertiary/aromatic N) is 5. The van der Waals surface area contributed by atoms with Crippen LogP contribution >= 0.6 is 0 Å². The van der Waals surface area contributed by atoms with Gasteiger partial charge in [-0.3, -0.25) is 9.89 Å². The summed E-state index contributed by atoms with van der Waals surface area (Å²) in [7, 11) is 0. The lowest BCUT2D eigenvalue weighted by molar-refractivity contribution is -0.130. The fourth-order valence-electron chi connectivity index (χ4n) is 3.50. The molecule has 0 atom stereocenters. The molecule has 5 rings (SSSR count). The molecule has 0 radical (unpaired) electrons. The third-order valence-electron chi connectivity index (χ3n) is 5.12. The molecule has 3 heterocycles. The van der Waals surface area contributed by atoms with Crippen molar-refractivity contribution >= 4 is 16.8 Å². The molecule has 0 unspecified atom stereocenters. The molecule has 2 aliphatic rings. The third-order valence-corrected chi connectivity index (χ3v) is 5.12. The number of fused-ring (bicyclic) bond motifs is 2. The summed E-state index contributed by atoms with van der Waals surface area (Å²) >= 11 is 0. The summed E-state index contributed by atoms with van der Waals surface area (Å²) in [5.74, 6) is 2.72. The highest BCUT2D eigenvalue weighted by Crippen LogP contribution is 2.38. The molecule has 25 heavy (non-hydrogen) atoms. The van der Waals surface area contributed by atoms with Crippen LogP contribution in [0.15, 0.2) is 24.3 Å². The topological polar surface area (TPSA) is 79.7 Å². The lowest BCUT2D eigenvalue weighted by atomic mass is 10.1. The van der Waals surface area contributed by atoms with Crippen LogP contribution in [0, 0.1) is 0 Å². The van der Waals surface area contributed by atoms with E-state index in [1.54, 1.807) is 0 Å². The molecule has 1 aliphatic heterocycles. The van der Waals surface area contributed by atoms with Crippen LogP contribution in [0.4, 0.5) is 0 Å². The average Bonchev–Trinajstić information content (AvgIpc) is 3.34. The fourth-order valence-corrected chi connectivity index (χ4v) is 3.50. The van der Waals surface area contributed by atoms with Crippen LogP contribution in [0.5, 0.6) is 0 Å². The van der Waals surface area contributed by atoms with Crippen molar-refractivity contribution in [2.75, 3.05) is 13.1 Å². The van der Waals surface area contributed by atoms with E-state index >= 15 is 0 Å². The molecule has 7 nitrogen and oxygen atoms in total. The molecule has 1 aliphatic carbocycles. The van der Waals surface area contributed by atoms with E-state index in [0.29, 0.717) is 25.4 Å². The second kappa shape index (κ2) is 5.68. The molecule has 1 saturated carbocycles. The average molecular weight is 336 g/mol. The van der Waals surface area contributed by atoms with Crippen molar-refractivity contribution in [1.82, 2.24) is 29.9 Å². The first-order valence-corrected chi connectivity index (χ1v) is 8.91. The van der Waals surface area contributed by atoms with Gasteiger partial charge in [0.25, 0.3) is 0 Å². The number of benzene rings is 1. The lowest BCUT2D eigenvalue weighted by Gasteiger charge is -2.19. The molecule has 1 aromatic carbocycles. The van der Waals surface area contributed by atoms with Gasteiger partial charge in [-0.15, -0.1) is 0 Å². The fraction of sp³-hybridized carbons (Fsp3) is 0.444. The van der Waals surface area contributed by atoms with Gasteiger partial charge in [-0.05, 0) is 18.9 Å². The van der Waals surface area contributed by atoms with E-state index in [9.17, 15) is 4.79 Å². The van der Waals surface area contributed by atoms with Crippen LogP contribution in [0.3, 0.4) is 0 Å². The predicted octanol–water partition coefficient (Wildman–Crippen LogP) is 1.66. The van der Waals surface area contributed by atoms with Crippen LogP contribution in [0.1, 0.15) is 36.1 Å². The second-order valence-electron chi connectivity index (χ2n) is 6.91. The van der Waals surface area contributed by atoms with Crippen molar-refractivity contribution in [3.63, 3.8) is 0 Å². The van der Waals surface area contributed by atoms with Gasteiger partial charge in [0.05, 0.1) is 24.2 Å². The number of nitrogens with one attached hydrogen (secondary N) is 1. The van der Waals surface area contributed by atoms with Crippen LogP contribution in [-0.2, 0) is 24.2 Å². The molecule has 1 amide bonds. The first-order valence-electron chi connectivity index (χ1n) is 8.91. The van der Waals surface area contributed by atoms with Crippen molar-refractivity contribution < 1.29 is 4.79 Å². The summed E-state index contributed by atoms with van der Waals surface area (Å²) in [5, 5.41) is 12.9. The highest BCUT2D eigenvalue weighted by atomic mass is 16.2. The van der Waals surface area contributed by atoms with E-state index in [1.165, 1.54) is 12.8 Å². The molecule has 2 aromatic heterocycles. The summed E-state index contributed by atoms with van der Waals surface area (Å²) in [4.78, 5) is 19.3. The Morgan fingerprint density at radius 3 is 2.96 bits per heavy atom. The molecule has 0 saturated heterocycles. The van der Waals surface area contributed by atoms with Gasteiger partial charge >= 0.3 is 0 Å². The quantitative estimate of drug-likeness (QED) is 0.789. The van der Waals surface area contributed by atoms with Gasteiger partial charge in [0.15, 0.2) is 5.82 Å². The number of hydrogen-bond acceptors (Lipinski definition) is 4. The van der Waals surface area contributed by atoms with Gasteiger partial charge in [0.2, 0.25) is 5.91 Å². The number of carbonyl (C=O) groups is 1. The van der Waals surface area contributed by atoms with Crippen molar-refractivity contribution in [2.24, 2.45) is 0 Å². The SMILES string of the molecule is O=C(Cc1[nH]nc2ccccc12)N1CCc2nc(C3CC3)nn2CC1. The van der Waals surface area contributed by atoms with Crippen LogP contribution < -0.4 is 0 Å². The summed E-state index contributed by atoms with van der Waals surface area (Å²) in [6, 6.07) is 7.88. The highest BCUT2D eigenvalue weighted by molar-refractivity contribution is 5.87. The number of amides is 1. The molecule has 7 heteroatoms. The third kappa shape index (κ3) is 2.69. The monoisotopic (exact) mass is 336 g/mol. The molecule has 0 bridgehead atoms. The molecular formula is C18H20N6O. The summed E-state index contributed by atoms with van der Waals surface area (Å²) in [6.45, 7) is 2.11. The molecule has 128 valence electrons. The number of aromatic nitrogens is 5. The smallest absolute Gasteiger partial charge is 0.228 e. The van der Waals surface area contributed by atoms with Crippen LogP contribution in [0.2, 0.25) is 0 Å². The van der Waals surface area contributed by atoms with Crippen molar-refractivity contribution in [3.8, 4) is 0 Å².